The minimum Gasteiger partial charge on any atom is -0.370 e. The molecule has 0 bridgehead atoms. The van der Waals surface area contributed by atoms with Gasteiger partial charge in [-0.25, -0.2) is 4.39 Å². The fourth-order valence-corrected chi connectivity index (χ4v) is 3.02. The molecule has 1 amide bonds. The highest BCUT2D eigenvalue weighted by Gasteiger charge is 2.32. The lowest BCUT2D eigenvalue weighted by Crippen LogP contribution is -2.30. The molecule has 26 heavy (non-hydrogen) atoms. The van der Waals surface area contributed by atoms with Gasteiger partial charge in [-0.2, -0.15) is 13.2 Å². The zero-order chi connectivity index (χ0) is 18.7. The van der Waals surface area contributed by atoms with Gasteiger partial charge in [0.25, 0.3) is 5.91 Å². The molecule has 1 N–H and O–H groups in total. The second kappa shape index (κ2) is 7.35. The van der Waals surface area contributed by atoms with Crippen LogP contribution in [0.25, 0.3) is 0 Å². The maximum absolute atomic E-state index is 13.1. The number of rotatable bonds is 3. The van der Waals surface area contributed by atoms with Gasteiger partial charge in [0.2, 0.25) is 0 Å². The predicted molar refractivity (Wildman–Crippen MR) is 91.9 cm³/mol. The predicted octanol–water partition coefficient (Wildman–Crippen LogP) is 5.09. The van der Waals surface area contributed by atoms with Gasteiger partial charge >= 0.3 is 6.18 Å². The molecule has 0 aliphatic carbocycles. The Kier molecular flexibility index (Phi) is 5.15. The number of anilines is 2. The number of nitrogens with zero attached hydrogens (tertiary/aromatic N) is 1. The molecule has 0 saturated carbocycles. The first-order valence-corrected chi connectivity index (χ1v) is 8.38. The van der Waals surface area contributed by atoms with Crippen molar-refractivity contribution >= 4 is 17.3 Å². The first kappa shape index (κ1) is 18.2. The Hall–Kier alpha value is -2.57. The van der Waals surface area contributed by atoms with Crippen LogP contribution < -0.4 is 10.2 Å². The van der Waals surface area contributed by atoms with E-state index in [4.69, 9.17) is 0 Å². The van der Waals surface area contributed by atoms with E-state index >= 15 is 0 Å². The molecule has 0 spiro atoms. The number of halogens is 4. The number of nitrogens with one attached hydrogen (secondary N) is 1. The van der Waals surface area contributed by atoms with Gasteiger partial charge in [-0.05, 0) is 61.7 Å². The summed E-state index contributed by atoms with van der Waals surface area (Å²) < 4.78 is 52.2. The van der Waals surface area contributed by atoms with Gasteiger partial charge in [0, 0.05) is 18.7 Å². The number of hydrogen-bond acceptors (Lipinski definition) is 2. The van der Waals surface area contributed by atoms with Crippen LogP contribution in [0.1, 0.15) is 35.2 Å². The van der Waals surface area contributed by atoms with Crippen LogP contribution in [0.2, 0.25) is 0 Å². The molecule has 1 fully saturated rings. The van der Waals surface area contributed by atoms with Gasteiger partial charge in [0.1, 0.15) is 5.82 Å². The minimum absolute atomic E-state index is 0.107. The molecule has 2 aromatic carbocycles. The molecular weight excluding hydrogens is 348 g/mol. The standard InChI is InChI=1S/C19H18F4N2O/c20-15-7-4-13(5-8-15)18(26)24-16-12-14(19(21,22)23)6-9-17(16)25-10-2-1-3-11-25/h4-9,12H,1-3,10-11H2,(H,24,26). The molecule has 1 aliphatic rings. The van der Waals surface area contributed by atoms with Crippen LogP contribution in [0.3, 0.4) is 0 Å². The monoisotopic (exact) mass is 366 g/mol. The molecule has 3 nitrogen and oxygen atoms in total. The largest absolute Gasteiger partial charge is 0.416 e. The van der Waals surface area contributed by atoms with Crippen LogP contribution in [-0.2, 0) is 6.18 Å². The summed E-state index contributed by atoms with van der Waals surface area (Å²) in [7, 11) is 0. The van der Waals surface area contributed by atoms with Crippen molar-refractivity contribution in [2.75, 3.05) is 23.3 Å². The first-order chi connectivity index (χ1) is 12.3. The molecular formula is C19H18F4N2O. The van der Waals surface area contributed by atoms with Crippen LogP contribution in [0.15, 0.2) is 42.5 Å². The third-order valence-electron chi connectivity index (χ3n) is 4.38. The molecule has 3 rings (SSSR count). The van der Waals surface area contributed by atoms with E-state index in [9.17, 15) is 22.4 Å². The average Bonchev–Trinajstić information content (AvgIpc) is 2.62. The summed E-state index contributed by atoms with van der Waals surface area (Å²) >= 11 is 0. The van der Waals surface area contributed by atoms with Gasteiger partial charge in [-0.3, -0.25) is 4.79 Å². The number of benzene rings is 2. The molecule has 0 atom stereocenters. The van der Waals surface area contributed by atoms with Crippen LogP contribution in [0.5, 0.6) is 0 Å². The van der Waals surface area contributed by atoms with Gasteiger partial charge in [0.05, 0.1) is 16.9 Å². The quantitative estimate of drug-likeness (QED) is 0.768. The van der Waals surface area contributed by atoms with E-state index in [2.05, 4.69) is 5.32 Å². The average molecular weight is 366 g/mol. The van der Waals surface area contributed by atoms with Gasteiger partial charge in [-0.1, -0.05) is 0 Å². The Balaban J connectivity index is 1.93. The molecule has 1 heterocycles. The van der Waals surface area contributed by atoms with Crippen molar-refractivity contribution in [1.29, 1.82) is 0 Å². The smallest absolute Gasteiger partial charge is 0.370 e. The molecule has 0 aromatic heterocycles. The van der Waals surface area contributed by atoms with Crippen molar-refractivity contribution in [1.82, 2.24) is 0 Å². The second-order valence-electron chi connectivity index (χ2n) is 6.24. The van der Waals surface area contributed by atoms with Crippen molar-refractivity contribution in [3.8, 4) is 0 Å². The highest BCUT2D eigenvalue weighted by Crippen LogP contribution is 2.36. The molecule has 138 valence electrons. The summed E-state index contributed by atoms with van der Waals surface area (Å²) in [4.78, 5) is 14.4. The Labute approximate surface area is 148 Å². The summed E-state index contributed by atoms with van der Waals surface area (Å²) in [6.45, 7) is 1.45. The van der Waals surface area contributed by atoms with E-state index in [0.29, 0.717) is 5.69 Å². The number of amides is 1. The lowest BCUT2D eigenvalue weighted by Gasteiger charge is -2.31. The number of hydrogen-bond donors (Lipinski definition) is 1. The van der Waals surface area contributed by atoms with Gasteiger partial charge in [0.15, 0.2) is 0 Å². The van der Waals surface area contributed by atoms with E-state index in [1.165, 1.54) is 18.2 Å². The fraction of sp³-hybridized carbons (Fsp3) is 0.316. The fourth-order valence-electron chi connectivity index (χ4n) is 3.02. The topological polar surface area (TPSA) is 32.3 Å². The lowest BCUT2D eigenvalue weighted by atomic mass is 10.1. The lowest BCUT2D eigenvalue weighted by molar-refractivity contribution is -0.137. The van der Waals surface area contributed by atoms with E-state index in [1.54, 1.807) is 0 Å². The van der Waals surface area contributed by atoms with Crippen molar-refractivity contribution in [3.05, 3.63) is 59.4 Å². The first-order valence-electron chi connectivity index (χ1n) is 8.38. The van der Waals surface area contributed by atoms with Crippen molar-refractivity contribution < 1.29 is 22.4 Å². The third-order valence-corrected chi connectivity index (χ3v) is 4.38. The van der Waals surface area contributed by atoms with E-state index in [1.807, 2.05) is 4.90 Å². The third kappa shape index (κ3) is 4.15. The maximum Gasteiger partial charge on any atom is 0.416 e. The highest BCUT2D eigenvalue weighted by molar-refractivity contribution is 6.06. The molecule has 0 radical (unpaired) electrons. The summed E-state index contributed by atoms with van der Waals surface area (Å²) in [5.41, 5.74) is 0.0188. The van der Waals surface area contributed by atoms with Gasteiger partial charge in [-0.15, -0.1) is 0 Å². The summed E-state index contributed by atoms with van der Waals surface area (Å²) in [6.07, 6.45) is -1.52. The normalized spacial score (nSPS) is 15.0. The van der Waals surface area contributed by atoms with E-state index in [-0.39, 0.29) is 11.3 Å². The summed E-state index contributed by atoms with van der Waals surface area (Å²) in [5, 5.41) is 2.55. The maximum atomic E-state index is 13.1. The van der Waals surface area contributed by atoms with Crippen LogP contribution in [0, 0.1) is 5.82 Å². The Morgan fingerprint density at radius 2 is 1.62 bits per heavy atom. The molecule has 2 aromatic rings. The summed E-state index contributed by atoms with van der Waals surface area (Å²) in [6, 6.07) is 8.22. The number of piperidine rings is 1. The minimum atomic E-state index is -4.50. The van der Waals surface area contributed by atoms with Crippen LogP contribution >= 0.6 is 0 Å². The Morgan fingerprint density at radius 1 is 0.962 bits per heavy atom. The Morgan fingerprint density at radius 3 is 2.23 bits per heavy atom. The van der Waals surface area contributed by atoms with Crippen LogP contribution in [-0.4, -0.2) is 19.0 Å². The zero-order valence-corrected chi connectivity index (χ0v) is 13.9. The van der Waals surface area contributed by atoms with Gasteiger partial charge < -0.3 is 10.2 Å². The zero-order valence-electron chi connectivity index (χ0n) is 13.9. The molecule has 1 saturated heterocycles. The van der Waals surface area contributed by atoms with Crippen molar-refractivity contribution in [3.63, 3.8) is 0 Å². The number of carbonyl (C=O) groups excluding carboxylic acids is 1. The highest BCUT2D eigenvalue weighted by atomic mass is 19.4. The van der Waals surface area contributed by atoms with Crippen molar-refractivity contribution in [2.45, 2.75) is 25.4 Å². The van der Waals surface area contributed by atoms with Crippen molar-refractivity contribution in [2.24, 2.45) is 0 Å². The van der Waals surface area contributed by atoms with E-state index in [0.717, 1.165) is 56.6 Å². The molecule has 7 heteroatoms. The summed E-state index contributed by atoms with van der Waals surface area (Å²) in [5.74, 6) is -1.07. The number of carbonyl (C=O) groups is 1. The second-order valence-corrected chi connectivity index (χ2v) is 6.24. The van der Waals surface area contributed by atoms with Crippen LogP contribution in [0.4, 0.5) is 28.9 Å². The molecule has 0 unspecified atom stereocenters. The number of alkyl halides is 3. The molecule has 1 aliphatic heterocycles. The SMILES string of the molecule is O=C(Nc1cc(C(F)(F)F)ccc1N1CCCCC1)c1ccc(F)cc1. The Bertz CT molecular complexity index is 781. The van der Waals surface area contributed by atoms with E-state index < -0.39 is 23.5 Å².